The van der Waals surface area contributed by atoms with Gasteiger partial charge in [0.2, 0.25) is 5.91 Å². The number of benzene rings is 1. The summed E-state index contributed by atoms with van der Waals surface area (Å²) in [7, 11) is 1.50. The van der Waals surface area contributed by atoms with Gasteiger partial charge in [-0.25, -0.2) is 5.43 Å². The smallest absolute Gasteiger partial charge is 0.312 e. The molecule has 0 spiro atoms. The number of carbonyl (C=O) groups excluding carboxylic acids is 4. The first kappa shape index (κ1) is 31.1. The lowest BCUT2D eigenvalue weighted by molar-refractivity contribution is -0.165. The zero-order chi connectivity index (χ0) is 30.6. The molecule has 0 radical (unpaired) electrons. The van der Waals surface area contributed by atoms with Crippen molar-refractivity contribution >= 4 is 40.5 Å². The maximum Gasteiger partial charge on any atom is 0.312 e. The maximum atomic E-state index is 13.2. The Morgan fingerprint density at radius 2 is 1.74 bits per heavy atom. The summed E-state index contributed by atoms with van der Waals surface area (Å²) in [5.41, 5.74) is 4.63. The van der Waals surface area contributed by atoms with Crippen molar-refractivity contribution in [2.75, 3.05) is 13.7 Å². The number of cyclic esters (lactones) is 1. The van der Waals surface area contributed by atoms with Gasteiger partial charge in [0.25, 0.3) is 11.8 Å². The number of methoxy groups -OCH3 is 1. The van der Waals surface area contributed by atoms with Crippen LogP contribution in [0, 0.1) is 11.8 Å². The molecule has 0 aliphatic carbocycles. The van der Waals surface area contributed by atoms with E-state index in [1.54, 1.807) is 46.0 Å². The number of ether oxygens (including phenoxy) is 2. The number of pyridine rings is 1. The molecule has 3 amide bonds. The second-order valence-electron chi connectivity index (χ2n) is 11.4. The number of esters is 1. The third-order valence-electron chi connectivity index (χ3n) is 7.82. The minimum Gasteiger partial charge on any atom is -0.452 e. The molecular formula is C31H41N5O6. The van der Waals surface area contributed by atoms with Gasteiger partial charge in [0, 0.05) is 25.2 Å². The molecule has 1 saturated heterocycles. The summed E-state index contributed by atoms with van der Waals surface area (Å²) in [6.45, 7) is 9.08. The average Bonchev–Trinajstić information content (AvgIpc) is 2.98. The Hall–Kier alpha value is -3.83. The van der Waals surface area contributed by atoms with Crippen LogP contribution in [0.5, 0.6) is 0 Å². The molecule has 42 heavy (non-hydrogen) atoms. The van der Waals surface area contributed by atoms with Gasteiger partial charge in [-0.05, 0) is 68.7 Å². The van der Waals surface area contributed by atoms with Crippen LogP contribution in [-0.2, 0) is 28.7 Å². The van der Waals surface area contributed by atoms with E-state index in [9.17, 15) is 19.2 Å². The van der Waals surface area contributed by atoms with Crippen LogP contribution in [-0.4, -0.2) is 71.6 Å². The van der Waals surface area contributed by atoms with Crippen molar-refractivity contribution < 1.29 is 28.7 Å². The van der Waals surface area contributed by atoms with Crippen LogP contribution < -0.4 is 16.1 Å². The quantitative estimate of drug-likeness (QED) is 0.462. The van der Waals surface area contributed by atoms with Crippen LogP contribution in [0.25, 0.3) is 16.8 Å². The van der Waals surface area contributed by atoms with Crippen LogP contribution in [0.2, 0.25) is 0 Å². The van der Waals surface area contributed by atoms with E-state index >= 15 is 0 Å². The molecule has 11 heteroatoms. The van der Waals surface area contributed by atoms with Crippen LogP contribution in [0.3, 0.4) is 0 Å². The summed E-state index contributed by atoms with van der Waals surface area (Å²) in [6, 6.07) is 6.06. The Balaban J connectivity index is 1.68. The minimum atomic E-state index is -1.11. The lowest BCUT2D eigenvalue weighted by Gasteiger charge is -2.35. The molecule has 2 aromatic rings. The van der Waals surface area contributed by atoms with E-state index in [1.807, 2.05) is 31.2 Å². The van der Waals surface area contributed by atoms with E-state index in [1.165, 1.54) is 12.1 Å². The molecule has 2 aliphatic rings. The summed E-state index contributed by atoms with van der Waals surface area (Å²) in [5.74, 6) is -2.84. The molecule has 3 N–H and O–H groups in total. The van der Waals surface area contributed by atoms with Crippen LogP contribution in [0.4, 0.5) is 0 Å². The Bertz CT molecular complexity index is 1360. The third kappa shape index (κ3) is 7.14. The molecule has 0 saturated carbocycles. The molecule has 11 nitrogen and oxygen atoms in total. The van der Waals surface area contributed by atoms with Crippen molar-refractivity contribution in [1.82, 2.24) is 26.1 Å². The summed E-state index contributed by atoms with van der Waals surface area (Å²) in [6.07, 6.45) is 4.73. The monoisotopic (exact) mass is 579 g/mol. The topological polar surface area (TPSA) is 139 Å². The van der Waals surface area contributed by atoms with Crippen LogP contribution in [0.15, 0.2) is 36.5 Å². The van der Waals surface area contributed by atoms with E-state index in [4.69, 9.17) is 9.47 Å². The fourth-order valence-corrected chi connectivity index (χ4v) is 5.16. The van der Waals surface area contributed by atoms with Gasteiger partial charge in [0.1, 0.15) is 12.1 Å². The third-order valence-corrected chi connectivity index (χ3v) is 7.82. The van der Waals surface area contributed by atoms with Crippen molar-refractivity contribution in [3.8, 4) is 0 Å². The number of hydrogen-bond acceptors (Lipinski definition) is 8. The zero-order valence-electron chi connectivity index (χ0n) is 25.0. The minimum absolute atomic E-state index is 0.219. The summed E-state index contributed by atoms with van der Waals surface area (Å²) >= 11 is 0. The Morgan fingerprint density at radius 1 is 1.00 bits per heavy atom. The number of hydrogen-bond donors (Lipinski definition) is 3. The molecule has 3 heterocycles. The Kier molecular flexibility index (Phi) is 9.95. The predicted octanol–water partition coefficient (Wildman–Crippen LogP) is 2.66. The lowest BCUT2D eigenvalue weighted by atomic mass is 10.0. The van der Waals surface area contributed by atoms with Crippen molar-refractivity contribution in [3.05, 3.63) is 47.8 Å². The number of aromatic nitrogens is 1. The predicted molar refractivity (Wildman–Crippen MR) is 157 cm³/mol. The SMILES string of the molecule is CO[C@@H]1/C=C/c2cc3cc(ccc3cn2)[C@@H](C)NC(=O)[C@@H]2CCCN(N2)C(=O)[C@H](C)NC(=O)C(C(C)C)OC(=O)[C@@H]1C. The molecule has 1 fully saturated rings. The van der Waals surface area contributed by atoms with E-state index in [2.05, 4.69) is 21.0 Å². The van der Waals surface area contributed by atoms with E-state index in [0.29, 0.717) is 25.1 Å². The molecule has 226 valence electrons. The van der Waals surface area contributed by atoms with Gasteiger partial charge in [-0.2, -0.15) is 0 Å². The largest absolute Gasteiger partial charge is 0.452 e. The number of amides is 3. The maximum absolute atomic E-state index is 13.2. The highest BCUT2D eigenvalue weighted by molar-refractivity contribution is 5.91. The number of nitrogens with one attached hydrogen (secondary N) is 3. The van der Waals surface area contributed by atoms with Gasteiger partial charge in [-0.1, -0.05) is 32.1 Å². The lowest BCUT2D eigenvalue weighted by Crippen LogP contribution is -2.61. The fourth-order valence-electron chi connectivity index (χ4n) is 5.16. The van der Waals surface area contributed by atoms with Crippen molar-refractivity contribution in [2.24, 2.45) is 11.8 Å². The van der Waals surface area contributed by atoms with Gasteiger partial charge in [0.15, 0.2) is 6.10 Å². The highest BCUT2D eigenvalue weighted by Gasteiger charge is 2.35. The second-order valence-corrected chi connectivity index (χ2v) is 11.4. The molecule has 4 rings (SSSR count). The first-order valence-corrected chi connectivity index (χ1v) is 14.5. The van der Waals surface area contributed by atoms with Gasteiger partial charge in [-0.3, -0.25) is 29.2 Å². The standard InChI is InChI=1S/C31H41N5O6/c1-17(2)27-29(38)34-20(5)30(39)36-13-7-8-25(35-36)28(37)33-19(4)21-9-10-22-16-32-24(15-23(22)14-21)11-12-26(41-6)18(3)31(40)42-27/h9-12,14-20,25-27,35H,7-8,13H2,1-6H3,(H,33,37)(H,34,38)/b12-11+/t18-,19-,20+,25+,26-,27?/m1/s1. The first-order valence-electron chi connectivity index (χ1n) is 14.5. The number of hydrazine groups is 1. The summed E-state index contributed by atoms with van der Waals surface area (Å²) < 4.78 is 11.2. The highest BCUT2D eigenvalue weighted by Crippen LogP contribution is 2.23. The Morgan fingerprint density at radius 3 is 2.45 bits per heavy atom. The molecule has 6 atom stereocenters. The zero-order valence-corrected chi connectivity index (χ0v) is 25.0. The molecule has 5 bridgehead atoms. The first-order chi connectivity index (χ1) is 20.0. The average molecular weight is 580 g/mol. The Labute approximate surface area is 246 Å². The van der Waals surface area contributed by atoms with Gasteiger partial charge < -0.3 is 20.1 Å². The van der Waals surface area contributed by atoms with Crippen molar-refractivity contribution in [1.29, 1.82) is 0 Å². The number of fused-ring (bicyclic) bond motifs is 4. The van der Waals surface area contributed by atoms with Gasteiger partial charge in [0.05, 0.1) is 23.8 Å². The van der Waals surface area contributed by atoms with Gasteiger partial charge in [-0.15, -0.1) is 0 Å². The van der Waals surface area contributed by atoms with Crippen LogP contribution >= 0.6 is 0 Å². The molecule has 1 unspecified atom stereocenters. The van der Waals surface area contributed by atoms with Gasteiger partial charge >= 0.3 is 5.97 Å². The molecule has 1 aromatic heterocycles. The number of rotatable bonds is 2. The second kappa shape index (κ2) is 13.4. The summed E-state index contributed by atoms with van der Waals surface area (Å²) in [5, 5.41) is 9.02. The summed E-state index contributed by atoms with van der Waals surface area (Å²) in [4.78, 5) is 57.3. The molecule has 1 aromatic carbocycles. The van der Waals surface area contributed by atoms with E-state index in [0.717, 1.165) is 16.3 Å². The normalized spacial score (nSPS) is 29.1. The van der Waals surface area contributed by atoms with E-state index in [-0.39, 0.29) is 23.8 Å². The highest BCUT2D eigenvalue weighted by atomic mass is 16.6. The fraction of sp³-hybridized carbons (Fsp3) is 0.516. The molecule has 2 aliphatic heterocycles. The molecular weight excluding hydrogens is 538 g/mol. The van der Waals surface area contributed by atoms with Crippen molar-refractivity contribution in [3.63, 3.8) is 0 Å². The van der Waals surface area contributed by atoms with Crippen LogP contribution in [0.1, 0.15) is 64.8 Å². The van der Waals surface area contributed by atoms with E-state index < -0.39 is 42.1 Å². The number of nitrogens with zero attached hydrogens (tertiary/aromatic N) is 2. The number of carbonyl (C=O) groups is 4. The van der Waals surface area contributed by atoms with Crippen molar-refractivity contribution in [2.45, 2.75) is 77.8 Å².